The molecule has 0 fully saturated rings. The molecule has 2 rings (SSSR count). The molecule has 0 saturated heterocycles. The van der Waals surface area contributed by atoms with Gasteiger partial charge in [-0.25, -0.2) is 0 Å². The van der Waals surface area contributed by atoms with Gasteiger partial charge in [-0.2, -0.15) is 16.8 Å². The van der Waals surface area contributed by atoms with Gasteiger partial charge in [0, 0.05) is 5.56 Å². The van der Waals surface area contributed by atoms with E-state index >= 15 is 0 Å². The highest BCUT2D eigenvalue weighted by atomic mass is 32.2. The molecule has 0 saturated carbocycles. The van der Waals surface area contributed by atoms with Gasteiger partial charge >= 0.3 is 20.2 Å². The monoisotopic (exact) mass is 276 g/mol. The van der Waals surface area contributed by atoms with Crippen LogP contribution in [0.1, 0.15) is 5.56 Å². The minimum atomic E-state index is -3.68. The van der Waals surface area contributed by atoms with Gasteiger partial charge in [0.1, 0.15) is 11.5 Å². The molecular weight excluding hydrogens is 268 g/mol. The molecule has 92 valence electrons. The van der Waals surface area contributed by atoms with Crippen LogP contribution in [0.4, 0.5) is 0 Å². The first-order chi connectivity index (χ1) is 7.75. The van der Waals surface area contributed by atoms with E-state index in [-0.39, 0.29) is 11.5 Å². The second kappa shape index (κ2) is 3.74. The number of hydrogen-bond donors (Lipinski definition) is 0. The molecule has 1 heterocycles. The Morgan fingerprint density at radius 3 is 2.65 bits per heavy atom. The first kappa shape index (κ1) is 11.9. The van der Waals surface area contributed by atoms with E-state index in [2.05, 4.69) is 8.37 Å². The zero-order valence-corrected chi connectivity index (χ0v) is 10.3. The fourth-order valence-electron chi connectivity index (χ4n) is 1.27. The van der Waals surface area contributed by atoms with E-state index in [0.29, 0.717) is 5.56 Å². The van der Waals surface area contributed by atoms with Crippen LogP contribution in [0.5, 0.6) is 11.5 Å². The first-order valence-electron chi connectivity index (χ1n) is 4.41. The Hall–Kier alpha value is -1.54. The lowest BCUT2D eigenvalue weighted by Gasteiger charge is -2.12. The van der Waals surface area contributed by atoms with Crippen LogP contribution in [0, 0.1) is 0 Å². The lowest BCUT2D eigenvalue weighted by atomic mass is 10.2. The topological polar surface area (TPSA) is 86.7 Å². The molecule has 1 aromatic carbocycles. The molecule has 0 aliphatic carbocycles. The summed E-state index contributed by atoms with van der Waals surface area (Å²) in [6, 6.07) is 4.02. The molecule has 6 nitrogen and oxygen atoms in total. The highest BCUT2D eigenvalue weighted by molar-refractivity contribution is 7.90. The third-order valence-corrected chi connectivity index (χ3v) is 3.23. The summed E-state index contributed by atoms with van der Waals surface area (Å²) in [6.07, 6.45) is 2.23. The summed E-state index contributed by atoms with van der Waals surface area (Å²) < 4.78 is 53.3. The van der Waals surface area contributed by atoms with Gasteiger partial charge in [-0.05, 0) is 24.3 Å². The van der Waals surface area contributed by atoms with Gasteiger partial charge < -0.3 is 8.37 Å². The van der Waals surface area contributed by atoms with Crippen LogP contribution in [-0.4, -0.2) is 23.1 Å². The summed E-state index contributed by atoms with van der Waals surface area (Å²) in [5.41, 5.74) is 0.431. The van der Waals surface area contributed by atoms with Crippen molar-refractivity contribution in [1.82, 2.24) is 0 Å². The highest BCUT2D eigenvalue weighted by Gasteiger charge is 2.17. The van der Waals surface area contributed by atoms with Crippen molar-refractivity contribution in [3.8, 4) is 11.5 Å². The van der Waals surface area contributed by atoms with Crippen LogP contribution in [0.15, 0.2) is 23.6 Å². The maximum atomic E-state index is 11.1. The third kappa shape index (κ3) is 2.98. The second-order valence-electron chi connectivity index (χ2n) is 3.37. The Morgan fingerprint density at radius 1 is 1.29 bits per heavy atom. The molecule has 17 heavy (non-hydrogen) atoms. The average molecular weight is 276 g/mol. The van der Waals surface area contributed by atoms with Crippen molar-refractivity contribution in [2.45, 2.75) is 0 Å². The standard InChI is InChI=1S/C9H8O6S2/c1-16(10,11)14-8-2-3-9-7(6-8)4-5-17(12,13)15-9/h2-6H,1H3. The molecule has 0 atom stereocenters. The lowest BCUT2D eigenvalue weighted by Crippen LogP contribution is -2.10. The van der Waals surface area contributed by atoms with Crippen LogP contribution in [0.3, 0.4) is 0 Å². The minimum Gasteiger partial charge on any atom is -0.383 e. The lowest BCUT2D eigenvalue weighted by molar-refractivity contribution is 0.484. The van der Waals surface area contributed by atoms with Crippen molar-refractivity contribution < 1.29 is 25.2 Å². The van der Waals surface area contributed by atoms with Gasteiger partial charge in [-0.15, -0.1) is 0 Å². The molecule has 0 radical (unpaired) electrons. The smallest absolute Gasteiger partial charge is 0.332 e. The molecule has 0 amide bonds. The Kier molecular flexibility index (Phi) is 2.63. The van der Waals surface area contributed by atoms with Crippen molar-refractivity contribution in [3.63, 3.8) is 0 Å². The first-order valence-corrected chi connectivity index (χ1v) is 7.70. The molecule has 8 heteroatoms. The van der Waals surface area contributed by atoms with Gasteiger partial charge in [0.25, 0.3) is 0 Å². The van der Waals surface area contributed by atoms with Gasteiger partial charge in [-0.1, -0.05) is 0 Å². The summed E-state index contributed by atoms with van der Waals surface area (Å²) in [4.78, 5) is 0. The molecule has 1 aliphatic heterocycles. The maximum absolute atomic E-state index is 11.1. The van der Waals surface area contributed by atoms with Gasteiger partial charge in [0.2, 0.25) is 0 Å². The van der Waals surface area contributed by atoms with Gasteiger partial charge in [0.05, 0.1) is 11.7 Å². The van der Waals surface area contributed by atoms with Crippen molar-refractivity contribution in [3.05, 3.63) is 29.2 Å². The molecule has 0 bridgehead atoms. The van der Waals surface area contributed by atoms with E-state index in [1.54, 1.807) is 0 Å². The second-order valence-corrected chi connectivity index (χ2v) is 6.37. The van der Waals surface area contributed by atoms with Crippen LogP contribution in [-0.2, 0) is 20.2 Å². The molecule has 0 aromatic heterocycles. The Morgan fingerprint density at radius 2 is 2.00 bits per heavy atom. The number of fused-ring (bicyclic) bond motifs is 1. The average Bonchev–Trinajstić information content (AvgIpc) is 2.15. The number of benzene rings is 1. The largest absolute Gasteiger partial charge is 0.383 e. The zero-order valence-electron chi connectivity index (χ0n) is 8.65. The normalized spacial score (nSPS) is 17.0. The Balaban J connectivity index is 2.40. The van der Waals surface area contributed by atoms with E-state index in [1.807, 2.05) is 0 Å². The Labute approximate surface area is 98.7 Å². The predicted molar refractivity (Wildman–Crippen MR) is 60.5 cm³/mol. The van der Waals surface area contributed by atoms with Crippen LogP contribution in [0.2, 0.25) is 0 Å². The van der Waals surface area contributed by atoms with Crippen molar-refractivity contribution in [2.75, 3.05) is 6.26 Å². The SMILES string of the molecule is CS(=O)(=O)Oc1ccc2c(c1)C=CS(=O)(=O)O2. The molecular formula is C9H8O6S2. The Bertz CT molecular complexity index is 684. The number of hydrogen-bond acceptors (Lipinski definition) is 6. The van der Waals surface area contributed by atoms with Crippen LogP contribution >= 0.6 is 0 Å². The van der Waals surface area contributed by atoms with Gasteiger partial charge in [-0.3, -0.25) is 0 Å². The molecule has 0 unspecified atom stereocenters. The van der Waals surface area contributed by atoms with E-state index in [1.165, 1.54) is 24.3 Å². The quantitative estimate of drug-likeness (QED) is 0.740. The van der Waals surface area contributed by atoms with Crippen LogP contribution < -0.4 is 8.37 Å². The van der Waals surface area contributed by atoms with E-state index in [0.717, 1.165) is 11.7 Å². The van der Waals surface area contributed by atoms with E-state index in [4.69, 9.17) is 0 Å². The molecule has 0 N–H and O–H groups in total. The maximum Gasteiger partial charge on any atom is 0.332 e. The highest BCUT2D eigenvalue weighted by Crippen LogP contribution is 2.30. The fourth-order valence-corrected chi connectivity index (χ4v) is 2.49. The summed E-state index contributed by atoms with van der Waals surface area (Å²) in [7, 11) is -7.29. The van der Waals surface area contributed by atoms with E-state index < -0.39 is 20.2 Å². The minimum absolute atomic E-state index is 0.0961. The summed E-state index contributed by atoms with van der Waals surface area (Å²) in [6.45, 7) is 0. The van der Waals surface area contributed by atoms with Crippen molar-refractivity contribution >= 4 is 26.3 Å². The molecule has 0 spiro atoms. The van der Waals surface area contributed by atoms with Crippen molar-refractivity contribution in [1.29, 1.82) is 0 Å². The van der Waals surface area contributed by atoms with E-state index in [9.17, 15) is 16.8 Å². The van der Waals surface area contributed by atoms with Crippen molar-refractivity contribution in [2.24, 2.45) is 0 Å². The summed E-state index contributed by atoms with van der Waals surface area (Å²) in [5.74, 6) is 0.229. The van der Waals surface area contributed by atoms with Gasteiger partial charge in [0.15, 0.2) is 0 Å². The summed E-state index contributed by atoms with van der Waals surface area (Å²) in [5, 5.41) is 0.888. The molecule has 1 aromatic rings. The predicted octanol–water partition coefficient (Wildman–Crippen LogP) is 0.718. The number of rotatable bonds is 2. The zero-order chi connectivity index (χ0) is 12.7. The van der Waals surface area contributed by atoms with Crippen LogP contribution in [0.25, 0.3) is 6.08 Å². The fraction of sp³-hybridized carbons (Fsp3) is 0.111. The summed E-state index contributed by atoms with van der Waals surface area (Å²) >= 11 is 0. The third-order valence-electron chi connectivity index (χ3n) is 1.85. The molecule has 1 aliphatic rings.